The van der Waals surface area contributed by atoms with Crippen LogP contribution in [0, 0.1) is 0 Å². The number of ether oxygens (including phenoxy) is 1. The molecular formula is C48H38OS16. The Balaban J connectivity index is 0.975. The number of hydrogen-bond donors (Lipinski definition) is 0. The molecule has 8 aliphatic heterocycles. The van der Waals surface area contributed by atoms with E-state index >= 15 is 0 Å². The van der Waals surface area contributed by atoms with Crippen LogP contribution in [0.4, 0.5) is 0 Å². The largest absolute Gasteiger partial charge is 0.457 e. The molecule has 6 aromatic carbocycles. The Morgan fingerprint density at radius 3 is 0.769 bits per heavy atom. The Morgan fingerprint density at radius 1 is 0.277 bits per heavy atom. The first-order valence-corrected chi connectivity index (χ1v) is 37.0. The van der Waals surface area contributed by atoms with Crippen molar-refractivity contribution in [1.29, 1.82) is 0 Å². The molecule has 8 heterocycles. The molecule has 1 nitrogen and oxygen atoms in total. The molecule has 8 aliphatic rings. The minimum Gasteiger partial charge on any atom is -0.457 e. The van der Waals surface area contributed by atoms with E-state index in [0.29, 0.717) is 36.7 Å². The lowest BCUT2D eigenvalue weighted by atomic mass is 9.98. The van der Waals surface area contributed by atoms with E-state index < -0.39 is 0 Å². The predicted octanol–water partition coefficient (Wildman–Crippen LogP) is 14.8. The van der Waals surface area contributed by atoms with Gasteiger partial charge in [-0.05, 0) is 79.5 Å². The normalized spacial score (nSPS) is 30.1. The summed E-state index contributed by atoms with van der Waals surface area (Å²) in [5.41, 5.74) is 0. The molecule has 8 unspecified atom stereocenters. The monoisotopic (exact) mass is 1140 g/mol. The predicted molar refractivity (Wildman–Crippen MR) is 326 cm³/mol. The van der Waals surface area contributed by atoms with E-state index in [0.717, 1.165) is 11.5 Å². The molecule has 0 N–H and O–H groups in total. The van der Waals surface area contributed by atoms with Crippen LogP contribution in [0.5, 0.6) is 11.5 Å². The van der Waals surface area contributed by atoms with Crippen molar-refractivity contribution < 1.29 is 4.74 Å². The molecule has 14 rings (SSSR count). The van der Waals surface area contributed by atoms with Crippen LogP contribution in [0.2, 0.25) is 0 Å². The van der Waals surface area contributed by atoms with Crippen LogP contribution in [0.1, 0.15) is 0 Å². The second-order valence-corrected chi connectivity index (χ2v) is 38.7. The lowest BCUT2D eigenvalue weighted by Gasteiger charge is -2.21. The molecule has 6 aromatic rings. The summed E-state index contributed by atoms with van der Waals surface area (Å²) in [4.78, 5) is 0. The Hall–Kier alpha value is 1.24. The van der Waals surface area contributed by atoms with Crippen LogP contribution < -0.4 is 25.6 Å². The Kier molecular flexibility index (Phi) is 13.3. The summed E-state index contributed by atoms with van der Waals surface area (Å²) in [5, 5.41) is 16.6. The van der Waals surface area contributed by atoms with Gasteiger partial charge in [-0.15, -0.1) is 188 Å². The van der Waals surface area contributed by atoms with Crippen molar-refractivity contribution in [1.82, 2.24) is 0 Å². The van der Waals surface area contributed by atoms with Crippen LogP contribution in [0.3, 0.4) is 0 Å². The molecule has 0 aliphatic carbocycles. The Morgan fingerprint density at radius 2 is 0.508 bits per heavy atom. The number of hydrogen-bond acceptors (Lipinski definition) is 17. The van der Waals surface area contributed by atoms with Gasteiger partial charge in [0.2, 0.25) is 0 Å². The quantitative estimate of drug-likeness (QED) is 0.152. The maximum atomic E-state index is 7.22. The molecule has 0 amide bonds. The third-order valence-corrected chi connectivity index (χ3v) is 39.7. The van der Waals surface area contributed by atoms with Gasteiger partial charge in [-0.1, -0.05) is 48.5 Å². The van der Waals surface area contributed by atoms with Crippen LogP contribution in [0.15, 0.2) is 84.9 Å². The zero-order valence-electron chi connectivity index (χ0n) is 34.3. The van der Waals surface area contributed by atoms with E-state index in [2.05, 4.69) is 273 Å². The van der Waals surface area contributed by atoms with Gasteiger partial charge in [-0.2, -0.15) is 0 Å². The van der Waals surface area contributed by atoms with Crippen LogP contribution in [0.25, 0.3) is 60.0 Å². The fourth-order valence-electron chi connectivity index (χ4n) is 9.54. The summed E-state index contributed by atoms with van der Waals surface area (Å²) in [6, 6.07) is 32.8. The van der Waals surface area contributed by atoms with Gasteiger partial charge in [-0.3, -0.25) is 0 Å². The SMILES string of the molecule is c1ccc2c(=C3SC4SCCSC4S3)c3cc(Oc4ccc5c(=C6SC7SCCSC7S6)c6ccccc6c(=C6SC7SCCSC7S6)c5c4)ccc3c(=C3SC4SCCSC4S3)c2c1. The van der Waals surface area contributed by atoms with E-state index in [1.165, 1.54) is 127 Å². The summed E-state index contributed by atoms with van der Waals surface area (Å²) >= 11 is 34.3. The molecule has 332 valence electrons. The number of benzene rings is 6. The second-order valence-electron chi connectivity index (χ2n) is 16.1. The minimum absolute atomic E-state index is 0.595. The molecule has 0 bridgehead atoms. The van der Waals surface area contributed by atoms with Gasteiger partial charge >= 0.3 is 0 Å². The average molecular weight is 1140 g/mol. The Bertz CT molecular complexity index is 2940. The summed E-state index contributed by atoms with van der Waals surface area (Å²) in [6.45, 7) is 0. The van der Waals surface area contributed by atoms with Crippen molar-refractivity contribution in [3.63, 3.8) is 0 Å². The average Bonchev–Trinajstić information content (AvgIpc) is 4.17. The number of thioether (sulfide) groups is 16. The first-order valence-electron chi connectivity index (χ1n) is 21.6. The standard InChI is InChI=1S/C48H38OS16/c1-3-7-27-25(5-1)33(37-58-41-42(59-37)51-14-13-50-41)29-11-9-23(21-31(29)35(27)39-62-45-46(63-39)55-18-17-54-45)49-24-10-12-30-32(22-24)36(40-64-47-48(65-40)57-20-19-56-47)28-8-4-2-6-26(28)34(30)38-60-43-44(61-38)53-16-15-52-43/h1-12,21-22,41-48H,13-20H2. The zero-order valence-corrected chi connectivity index (χ0v) is 47.4. The second kappa shape index (κ2) is 19.3. The molecule has 8 fully saturated rings. The highest BCUT2D eigenvalue weighted by atomic mass is 32.3. The van der Waals surface area contributed by atoms with E-state index in [1.54, 1.807) is 0 Å². The van der Waals surface area contributed by atoms with E-state index in [4.69, 9.17) is 4.74 Å². The van der Waals surface area contributed by atoms with Crippen molar-refractivity contribution in [2.75, 3.05) is 46.0 Å². The lowest BCUT2D eigenvalue weighted by Crippen LogP contribution is -2.17. The molecule has 0 saturated carbocycles. The molecular weight excluding hydrogens is 1110 g/mol. The van der Waals surface area contributed by atoms with Crippen LogP contribution in [-0.2, 0) is 0 Å². The van der Waals surface area contributed by atoms with E-state index in [-0.39, 0.29) is 0 Å². The van der Waals surface area contributed by atoms with Gasteiger partial charge in [0.1, 0.15) is 11.5 Å². The highest BCUT2D eigenvalue weighted by Crippen LogP contribution is 2.61. The molecule has 65 heavy (non-hydrogen) atoms. The topological polar surface area (TPSA) is 9.23 Å². The van der Waals surface area contributed by atoms with Gasteiger partial charge in [0.05, 0.1) is 53.6 Å². The van der Waals surface area contributed by atoms with Gasteiger partial charge in [0.25, 0.3) is 0 Å². The molecule has 8 saturated heterocycles. The number of rotatable bonds is 2. The van der Waals surface area contributed by atoms with Gasteiger partial charge in [0.15, 0.2) is 0 Å². The van der Waals surface area contributed by atoms with Gasteiger partial charge < -0.3 is 4.74 Å². The van der Waals surface area contributed by atoms with Gasteiger partial charge in [0, 0.05) is 66.9 Å². The van der Waals surface area contributed by atoms with Crippen molar-refractivity contribution in [3.05, 3.63) is 106 Å². The summed E-state index contributed by atoms with van der Waals surface area (Å²) in [7, 11) is 0. The van der Waals surface area contributed by atoms with E-state index in [1.807, 2.05) is 0 Å². The first-order chi connectivity index (χ1) is 32.2. The fraction of sp³-hybridized carbons (Fsp3) is 0.333. The van der Waals surface area contributed by atoms with E-state index in [9.17, 15) is 0 Å². The van der Waals surface area contributed by atoms with Gasteiger partial charge in [-0.25, -0.2) is 0 Å². The smallest absolute Gasteiger partial charge is 0.128 e. The maximum absolute atomic E-state index is 7.22. The summed E-state index contributed by atoms with van der Waals surface area (Å²) < 4.78 is 18.0. The molecule has 8 atom stereocenters. The third kappa shape index (κ3) is 8.31. The van der Waals surface area contributed by atoms with Crippen molar-refractivity contribution in [3.8, 4) is 11.5 Å². The summed E-state index contributed by atoms with van der Waals surface area (Å²) in [5.74, 6) is 11.8. The number of fused-ring (bicyclic) bond motifs is 8. The summed E-state index contributed by atoms with van der Waals surface area (Å²) in [6.07, 6.45) is 0. The fourth-order valence-corrected chi connectivity index (χ4v) is 39.1. The highest BCUT2D eigenvalue weighted by Gasteiger charge is 2.40. The van der Waals surface area contributed by atoms with Crippen molar-refractivity contribution >= 4 is 248 Å². The Labute approximate surface area is 447 Å². The lowest BCUT2D eigenvalue weighted by molar-refractivity contribution is 0.484. The highest BCUT2D eigenvalue weighted by molar-refractivity contribution is 8.44. The minimum atomic E-state index is 0.595. The van der Waals surface area contributed by atoms with Crippen molar-refractivity contribution in [2.45, 2.75) is 36.7 Å². The molecule has 0 spiro atoms. The van der Waals surface area contributed by atoms with Crippen LogP contribution in [-0.4, -0.2) is 82.7 Å². The molecule has 0 aromatic heterocycles. The molecule has 0 radical (unpaired) electrons. The molecule has 17 heteroatoms. The van der Waals surface area contributed by atoms with Crippen LogP contribution >= 0.6 is 188 Å². The van der Waals surface area contributed by atoms with Crippen molar-refractivity contribution in [2.24, 2.45) is 0 Å². The first kappa shape index (κ1) is 44.9. The maximum Gasteiger partial charge on any atom is 0.128 e. The zero-order chi connectivity index (χ0) is 42.6. The third-order valence-electron chi connectivity index (χ3n) is 12.3.